The Morgan fingerprint density at radius 2 is 2.17 bits per heavy atom. The van der Waals surface area contributed by atoms with E-state index in [1.165, 1.54) is 22.1 Å². The molecule has 1 aliphatic heterocycles. The molecule has 1 aliphatic rings. The van der Waals surface area contributed by atoms with E-state index in [4.69, 9.17) is 15.9 Å². The molecule has 0 atom stereocenters. The van der Waals surface area contributed by atoms with Crippen LogP contribution in [0.4, 0.5) is 11.5 Å². The Kier molecular flexibility index (Phi) is 4.77. The van der Waals surface area contributed by atoms with Crippen LogP contribution >= 0.6 is 11.3 Å². The summed E-state index contributed by atoms with van der Waals surface area (Å²) in [5.74, 6) is 0.633. The molecule has 7 nitrogen and oxygen atoms in total. The van der Waals surface area contributed by atoms with Crippen molar-refractivity contribution in [1.82, 2.24) is 9.55 Å². The van der Waals surface area contributed by atoms with Crippen LogP contribution in [0.3, 0.4) is 0 Å². The van der Waals surface area contributed by atoms with E-state index in [9.17, 15) is 4.79 Å². The second-order valence-corrected chi connectivity index (χ2v) is 7.37. The molecular weight excluding hydrogens is 386 g/mol. The molecule has 3 aromatic rings. The van der Waals surface area contributed by atoms with Crippen molar-refractivity contribution in [2.24, 2.45) is 0 Å². The molecule has 8 heteroatoms. The van der Waals surface area contributed by atoms with Gasteiger partial charge in [0.15, 0.2) is 5.82 Å². The Balaban J connectivity index is 1.96. The molecule has 0 bridgehead atoms. The third-order valence-electron chi connectivity index (χ3n) is 4.61. The van der Waals surface area contributed by atoms with E-state index in [0.29, 0.717) is 39.8 Å². The first-order valence-corrected chi connectivity index (χ1v) is 9.71. The highest BCUT2D eigenvalue weighted by Gasteiger charge is 2.22. The lowest BCUT2D eigenvalue weighted by Crippen LogP contribution is -2.32. The quantitative estimate of drug-likeness (QED) is 0.500. The van der Waals surface area contributed by atoms with Crippen LogP contribution < -0.4 is 20.9 Å². The minimum absolute atomic E-state index is 0.0833. The van der Waals surface area contributed by atoms with Crippen molar-refractivity contribution in [2.75, 3.05) is 23.8 Å². The van der Waals surface area contributed by atoms with Gasteiger partial charge in [0.1, 0.15) is 17.2 Å². The van der Waals surface area contributed by atoms with Crippen LogP contribution in [0.25, 0.3) is 16.0 Å². The Bertz CT molecular complexity index is 1240. The van der Waals surface area contributed by atoms with Gasteiger partial charge in [-0.05, 0) is 36.4 Å². The Morgan fingerprint density at radius 3 is 2.90 bits per heavy atom. The summed E-state index contributed by atoms with van der Waals surface area (Å²) in [5, 5.41) is 7.51. The highest BCUT2D eigenvalue weighted by molar-refractivity contribution is 7.20. The monoisotopic (exact) mass is 405 g/mol. The van der Waals surface area contributed by atoms with Gasteiger partial charge in [0.2, 0.25) is 0 Å². The van der Waals surface area contributed by atoms with E-state index in [2.05, 4.69) is 23.0 Å². The number of benzene rings is 1. The number of nitrogens with one attached hydrogen (secondary N) is 1. The van der Waals surface area contributed by atoms with Gasteiger partial charge < -0.3 is 20.8 Å². The lowest BCUT2D eigenvalue weighted by atomic mass is 10.1. The van der Waals surface area contributed by atoms with Crippen LogP contribution in [0.5, 0.6) is 5.75 Å². The molecule has 0 radical (unpaired) electrons. The van der Waals surface area contributed by atoms with Gasteiger partial charge in [-0.2, -0.15) is 0 Å². The summed E-state index contributed by atoms with van der Waals surface area (Å²) in [4.78, 5) is 20.4. The van der Waals surface area contributed by atoms with E-state index in [0.717, 1.165) is 11.4 Å². The Morgan fingerprint density at radius 1 is 1.34 bits per heavy atom. The topological polar surface area (TPSA) is 97.2 Å². The SMILES string of the molecule is C=C/C=C(\C=C)N1CCOc2ccc(-n3c(=O)c(N)nc4sc(C=N)cc43)cc21. The van der Waals surface area contributed by atoms with E-state index in [1.807, 2.05) is 24.3 Å². The van der Waals surface area contributed by atoms with Gasteiger partial charge in [-0.15, -0.1) is 11.3 Å². The van der Waals surface area contributed by atoms with E-state index >= 15 is 0 Å². The standard InChI is InChI=1S/C21H19N5O2S/c1-3-5-13(4-2)25-8-9-28-18-7-6-14(10-16(18)25)26-17-11-15(12-22)29-20(17)24-19(23)21(26)27/h3-7,10-12,22H,1-2,8-9H2,(H2,23,24)/b13-5+,22-12?. The molecule has 3 heterocycles. The van der Waals surface area contributed by atoms with Gasteiger partial charge in [0.05, 0.1) is 23.4 Å². The first kappa shape index (κ1) is 18.7. The van der Waals surface area contributed by atoms with E-state index in [-0.39, 0.29) is 5.82 Å². The van der Waals surface area contributed by atoms with E-state index < -0.39 is 5.56 Å². The molecule has 3 N–H and O–H groups in total. The van der Waals surface area contributed by atoms with Gasteiger partial charge >= 0.3 is 0 Å². The molecule has 0 saturated heterocycles. The number of rotatable bonds is 5. The molecular formula is C21H19N5O2S. The number of thiophene rings is 1. The zero-order valence-corrected chi connectivity index (χ0v) is 16.4. The second-order valence-electron chi connectivity index (χ2n) is 6.30. The van der Waals surface area contributed by atoms with Gasteiger partial charge in [-0.1, -0.05) is 19.2 Å². The van der Waals surface area contributed by atoms with Crippen molar-refractivity contribution in [3.63, 3.8) is 0 Å². The van der Waals surface area contributed by atoms with Crippen LogP contribution in [0.1, 0.15) is 4.88 Å². The average molecular weight is 405 g/mol. The zero-order chi connectivity index (χ0) is 20.5. The van der Waals surface area contributed by atoms with Gasteiger partial charge in [0, 0.05) is 16.8 Å². The summed E-state index contributed by atoms with van der Waals surface area (Å²) in [6.07, 6.45) is 6.57. The number of nitrogens with zero attached hydrogens (tertiary/aromatic N) is 3. The second kappa shape index (κ2) is 7.40. The predicted octanol–water partition coefficient (Wildman–Crippen LogP) is 3.48. The van der Waals surface area contributed by atoms with Crippen molar-refractivity contribution >= 4 is 39.4 Å². The summed E-state index contributed by atoms with van der Waals surface area (Å²) in [6.45, 7) is 8.83. The maximum Gasteiger partial charge on any atom is 0.298 e. The molecule has 0 unspecified atom stereocenters. The number of anilines is 2. The first-order valence-electron chi connectivity index (χ1n) is 8.90. The van der Waals surface area contributed by atoms with Crippen LogP contribution in [0, 0.1) is 5.41 Å². The van der Waals surface area contributed by atoms with Gasteiger partial charge in [0.25, 0.3) is 5.56 Å². The highest BCUT2D eigenvalue weighted by Crippen LogP contribution is 2.36. The zero-order valence-electron chi connectivity index (χ0n) is 15.6. The molecule has 0 amide bonds. The fourth-order valence-corrected chi connectivity index (χ4v) is 4.19. The molecule has 29 heavy (non-hydrogen) atoms. The summed E-state index contributed by atoms with van der Waals surface area (Å²) >= 11 is 1.31. The maximum atomic E-state index is 12.9. The number of nitrogens with two attached hydrogens (primary N) is 1. The van der Waals surface area contributed by atoms with Crippen molar-refractivity contribution in [3.05, 3.63) is 76.6 Å². The number of hydrogen-bond acceptors (Lipinski definition) is 7. The van der Waals surface area contributed by atoms with Crippen LogP contribution in [-0.2, 0) is 0 Å². The third kappa shape index (κ3) is 3.13. The smallest absolute Gasteiger partial charge is 0.298 e. The minimum Gasteiger partial charge on any atom is -0.490 e. The number of fused-ring (bicyclic) bond motifs is 2. The van der Waals surface area contributed by atoms with E-state index in [1.54, 1.807) is 18.2 Å². The maximum absolute atomic E-state index is 12.9. The molecule has 0 spiro atoms. The predicted molar refractivity (Wildman–Crippen MR) is 119 cm³/mol. The third-order valence-corrected chi connectivity index (χ3v) is 5.58. The molecule has 1 aromatic carbocycles. The van der Waals surface area contributed by atoms with Crippen LogP contribution in [-0.4, -0.2) is 28.9 Å². The normalized spacial score (nSPS) is 13.7. The molecule has 2 aromatic heterocycles. The number of nitrogen functional groups attached to an aromatic ring is 1. The number of hydrogen-bond donors (Lipinski definition) is 2. The van der Waals surface area contributed by atoms with Gasteiger partial charge in [-0.25, -0.2) is 4.98 Å². The number of ether oxygens (including phenoxy) is 1. The summed E-state index contributed by atoms with van der Waals surface area (Å²) in [7, 11) is 0. The molecule has 0 aliphatic carbocycles. The number of aromatic nitrogens is 2. The molecule has 4 rings (SSSR count). The average Bonchev–Trinajstić information content (AvgIpc) is 3.14. The van der Waals surface area contributed by atoms with Gasteiger partial charge in [-0.3, -0.25) is 9.36 Å². The van der Waals surface area contributed by atoms with Crippen molar-refractivity contribution in [1.29, 1.82) is 5.41 Å². The van der Waals surface area contributed by atoms with Crippen molar-refractivity contribution in [2.45, 2.75) is 0 Å². The lowest BCUT2D eigenvalue weighted by Gasteiger charge is -2.32. The summed E-state index contributed by atoms with van der Waals surface area (Å²) < 4.78 is 7.33. The molecule has 0 saturated carbocycles. The van der Waals surface area contributed by atoms with Crippen molar-refractivity contribution < 1.29 is 4.74 Å². The fraction of sp³-hybridized carbons (Fsp3) is 0.0952. The Hall–Kier alpha value is -3.65. The lowest BCUT2D eigenvalue weighted by molar-refractivity contribution is 0.312. The van der Waals surface area contributed by atoms with Crippen molar-refractivity contribution in [3.8, 4) is 11.4 Å². The molecule has 0 fully saturated rings. The number of allylic oxidation sites excluding steroid dienone is 3. The minimum atomic E-state index is -0.402. The Labute approximate surface area is 171 Å². The summed E-state index contributed by atoms with van der Waals surface area (Å²) in [5.41, 5.74) is 8.44. The first-order chi connectivity index (χ1) is 14.1. The van der Waals surface area contributed by atoms with Crippen LogP contribution in [0.15, 0.2) is 66.1 Å². The van der Waals surface area contributed by atoms with Crippen LogP contribution in [0.2, 0.25) is 0 Å². The largest absolute Gasteiger partial charge is 0.490 e. The molecule has 146 valence electrons. The highest BCUT2D eigenvalue weighted by atomic mass is 32.1. The summed E-state index contributed by atoms with van der Waals surface area (Å²) in [6, 6.07) is 7.30. The fourth-order valence-electron chi connectivity index (χ4n) is 3.34.